The SMILES string of the molecule is CC(Sc1nnc(N2CCCC2)n1-c1cccc(Cl)c1)C(=O)Nc1ccccc1OC(F)F. The Balaban J connectivity index is 1.57. The lowest BCUT2D eigenvalue weighted by Gasteiger charge is -2.19. The van der Waals surface area contributed by atoms with Crippen LogP contribution in [0.2, 0.25) is 5.02 Å². The molecule has 1 unspecified atom stereocenters. The number of carbonyl (C=O) groups is 1. The molecule has 1 amide bonds. The van der Waals surface area contributed by atoms with Gasteiger partial charge in [0.2, 0.25) is 11.9 Å². The molecule has 1 saturated heterocycles. The van der Waals surface area contributed by atoms with Crippen LogP contribution >= 0.6 is 23.4 Å². The highest BCUT2D eigenvalue weighted by atomic mass is 35.5. The minimum Gasteiger partial charge on any atom is -0.433 e. The first kappa shape index (κ1) is 23.3. The van der Waals surface area contributed by atoms with E-state index in [9.17, 15) is 13.6 Å². The number of rotatable bonds is 8. The van der Waals surface area contributed by atoms with E-state index in [1.165, 1.54) is 23.9 Å². The molecule has 1 fully saturated rings. The Hall–Kier alpha value is -2.85. The van der Waals surface area contributed by atoms with E-state index >= 15 is 0 Å². The standard InChI is InChI=1S/C22H22ClF2N5O2S/c1-14(19(31)26-17-9-2-3-10-18(17)32-20(24)25)33-22-28-27-21(29-11-4-5-12-29)30(22)16-8-6-7-15(23)13-16/h2-3,6-10,13-14,20H,4-5,11-12H2,1H3,(H,26,31). The third-order valence-electron chi connectivity index (χ3n) is 5.08. The molecule has 2 heterocycles. The van der Waals surface area contributed by atoms with E-state index in [0.717, 1.165) is 31.6 Å². The summed E-state index contributed by atoms with van der Waals surface area (Å²) >= 11 is 7.44. The van der Waals surface area contributed by atoms with E-state index < -0.39 is 11.9 Å². The van der Waals surface area contributed by atoms with Crippen LogP contribution in [0.1, 0.15) is 19.8 Å². The largest absolute Gasteiger partial charge is 0.433 e. The van der Waals surface area contributed by atoms with Crippen LogP contribution < -0.4 is 15.0 Å². The summed E-state index contributed by atoms with van der Waals surface area (Å²) in [6, 6.07) is 13.4. The van der Waals surface area contributed by atoms with Gasteiger partial charge in [-0.1, -0.05) is 41.6 Å². The predicted molar refractivity (Wildman–Crippen MR) is 125 cm³/mol. The lowest BCUT2D eigenvalue weighted by molar-refractivity contribution is -0.115. The van der Waals surface area contributed by atoms with Gasteiger partial charge in [0.25, 0.3) is 0 Å². The molecular formula is C22H22ClF2N5O2S. The van der Waals surface area contributed by atoms with E-state index in [1.807, 2.05) is 22.8 Å². The van der Waals surface area contributed by atoms with Crippen LogP contribution in [0.4, 0.5) is 20.4 Å². The number of ether oxygens (including phenoxy) is 1. The van der Waals surface area contributed by atoms with Crippen LogP contribution in [0.15, 0.2) is 53.7 Å². The summed E-state index contributed by atoms with van der Waals surface area (Å²) in [4.78, 5) is 15.0. The molecule has 1 atom stereocenters. The lowest BCUT2D eigenvalue weighted by atomic mass is 10.3. The number of hydrogen-bond donors (Lipinski definition) is 1. The number of anilines is 2. The van der Waals surface area contributed by atoms with Crippen LogP contribution in [0.5, 0.6) is 5.75 Å². The molecule has 7 nitrogen and oxygen atoms in total. The fourth-order valence-electron chi connectivity index (χ4n) is 3.52. The number of aromatic nitrogens is 3. The molecule has 1 aliphatic heterocycles. The third kappa shape index (κ3) is 5.56. The number of thioether (sulfide) groups is 1. The van der Waals surface area contributed by atoms with Gasteiger partial charge in [-0.2, -0.15) is 8.78 Å². The van der Waals surface area contributed by atoms with Crippen molar-refractivity contribution in [3.63, 3.8) is 0 Å². The Morgan fingerprint density at radius 2 is 1.91 bits per heavy atom. The summed E-state index contributed by atoms with van der Waals surface area (Å²) in [5, 5.41) is 11.9. The van der Waals surface area contributed by atoms with E-state index in [4.69, 9.17) is 11.6 Å². The zero-order valence-corrected chi connectivity index (χ0v) is 19.3. The monoisotopic (exact) mass is 493 g/mol. The molecule has 0 bridgehead atoms. The Morgan fingerprint density at radius 1 is 1.15 bits per heavy atom. The van der Waals surface area contributed by atoms with Gasteiger partial charge >= 0.3 is 6.61 Å². The molecule has 33 heavy (non-hydrogen) atoms. The smallest absolute Gasteiger partial charge is 0.387 e. The van der Waals surface area contributed by atoms with Gasteiger partial charge in [-0.25, -0.2) is 0 Å². The molecule has 1 aliphatic rings. The first-order valence-electron chi connectivity index (χ1n) is 10.4. The zero-order chi connectivity index (χ0) is 23.4. The molecule has 4 rings (SSSR count). The highest BCUT2D eigenvalue weighted by molar-refractivity contribution is 8.00. The van der Waals surface area contributed by atoms with Gasteiger partial charge in [0.1, 0.15) is 5.75 Å². The van der Waals surface area contributed by atoms with Crippen molar-refractivity contribution in [3.05, 3.63) is 53.6 Å². The summed E-state index contributed by atoms with van der Waals surface area (Å²) in [5.41, 5.74) is 0.963. The predicted octanol–water partition coefficient (Wildman–Crippen LogP) is 5.24. The Labute approximate surface area is 199 Å². The van der Waals surface area contributed by atoms with E-state index in [-0.39, 0.29) is 17.3 Å². The Kier molecular flexibility index (Phi) is 7.34. The highest BCUT2D eigenvalue weighted by Crippen LogP contribution is 2.32. The second-order valence-corrected chi connectivity index (χ2v) is 9.16. The summed E-state index contributed by atoms with van der Waals surface area (Å²) in [5.74, 6) is 0.214. The number of alkyl halides is 2. The van der Waals surface area contributed by atoms with Crippen LogP contribution in [0.3, 0.4) is 0 Å². The topological polar surface area (TPSA) is 72.3 Å². The number of nitrogens with zero attached hydrogens (tertiary/aromatic N) is 4. The van der Waals surface area contributed by atoms with Crippen LogP contribution in [0, 0.1) is 0 Å². The van der Waals surface area contributed by atoms with Crippen molar-refractivity contribution >= 4 is 40.9 Å². The quantitative estimate of drug-likeness (QED) is 0.432. The number of amides is 1. The van der Waals surface area contributed by atoms with Gasteiger partial charge in [-0.05, 0) is 50.1 Å². The van der Waals surface area contributed by atoms with Crippen molar-refractivity contribution in [3.8, 4) is 11.4 Å². The van der Waals surface area contributed by atoms with Gasteiger partial charge in [-0.3, -0.25) is 9.36 Å². The summed E-state index contributed by atoms with van der Waals surface area (Å²) in [7, 11) is 0. The van der Waals surface area contributed by atoms with E-state index in [1.54, 1.807) is 25.1 Å². The summed E-state index contributed by atoms with van der Waals surface area (Å²) < 4.78 is 31.7. The zero-order valence-electron chi connectivity index (χ0n) is 17.7. The highest BCUT2D eigenvalue weighted by Gasteiger charge is 2.26. The summed E-state index contributed by atoms with van der Waals surface area (Å²) in [6.07, 6.45) is 2.15. The molecule has 1 aromatic heterocycles. The van der Waals surface area contributed by atoms with E-state index in [2.05, 4.69) is 25.2 Å². The number of para-hydroxylation sites is 2. The molecule has 2 aromatic carbocycles. The van der Waals surface area contributed by atoms with E-state index in [0.29, 0.717) is 16.1 Å². The maximum Gasteiger partial charge on any atom is 0.387 e. The number of benzene rings is 2. The van der Waals surface area contributed by atoms with Crippen molar-refractivity contribution < 1.29 is 18.3 Å². The van der Waals surface area contributed by atoms with Crippen LogP contribution in [-0.4, -0.2) is 45.6 Å². The minimum atomic E-state index is -2.99. The Bertz CT molecular complexity index is 1120. The van der Waals surface area contributed by atoms with Gasteiger partial charge in [0.05, 0.1) is 16.6 Å². The number of nitrogens with one attached hydrogen (secondary N) is 1. The average Bonchev–Trinajstić information content (AvgIpc) is 3.44. The fraction of sp³-hybridized carbons (Fsp3) is 0.318. The maximum absolute atomic E-state index is 12.9. The number of carbonyl (C=O) groups excluding carboxylic acids is 1. The second kappa shape index (κ2) is 10.4. The molecule has 0 radical (unpaired) electrons. The molecule has 1 N–H and O–H groups in total. The van der Waals surface area contributed by atoms with Crippen molar-refractivity contribution in [2.45, 2.75) is 36.8 Å². The van der Waals surface area contributed by atoms with Crippen LogP contribution in [0.25, 0.3) is 5.69 Å². The van der Waals surface area contributed by atoms with Gasteiger partial charge in [0, 0.05) is 18.1 Å². The summed E-state index contributed by atoms with van der Waals surface area (Å²) in [6.45, 7) is 0.471. The first-order valence-corrected chi connectivity index (χ1v) is 11.7. The molecule has 0 saturated carbocycles. The molecule has 0 spiro atoms. The number of hydrogen-bond acceptors (Lipinski definition) is 6. The molecular weight excluding hydrogens is 472 g/mol. The lowest BCUT2D eigenvalue weighted by Crippen LogP contribution is -2.24. The average molecular weight is 494 g/mol. The molecule has 3 aromatic rings. The third-order valence-corrected chi connectivity index (χ3v) is 6.36. The maximum atomic E-state index is 12.9. The van der Waals surface area contributed by atoms with Crippen molar-refractivity contribution in [1.29, 1.82) is 0 Å². The first-order chi connectivity index (χ1) is 15.9. The fourth-order valence-corrected chi connectivity index (χ4v) is 4.56. The number of halogens is 3. The van der Waals surface area contributed by atoms with Gasteiger partial charge in [-0.15, -0.1) is 10.2 Å². The normalized spacial score (nSPS) is 14.5. The van der Waals surface area contributed by atoms with Crippen LogP contribution in [-0.2, 0) is 4.79 Å². The van der Waals surface area contributed by atoms with Gasteiger partial charge in [0.15, 0.2) is 5.16 Å². The second-order valence-electron chi connectivity index (χ2n) is 7.42. The molecule has 11 heteroatoms. The molecule has 0 aliphatic carbocycles. The molecule has 174 valence electrons. The Morgan fingerprint density at radius 3 is 2.64 bits per heavy atom. The van der Waals surface area contributed by atoms with Crippen molar-refractivity contribution in [2.75, 3.05) is 23.3 Å². The van der Waals surface area contributed by atoms with Gasteiger partial charge < -0.3 is 15.0 Å². The van der Waals surface area contributed by atoms with Crippen molar-refractivity contribution in [1.82, 2.24) is 14.8 Å². The minimum absolute atomic E-state index is 0.100. The van der Waals surface area contributed by atoms with Crippen molar-refractivity contribution in [2.24, 2.45) is 0 Å².